The Hall–Kier alpha value is -1.39. The van der Waals surface area contributed by atoms with Gasteiger partial charge >= 0.3 is 0 Å². The Labute approximate surface area is 105 Å². The van der Waals surface area contributed by atoms with Gasteiger partial charge in [-0.1, -0.05) is 29.0 Å². The van der Waals surface area contributed by atoms with Crippen molar-refractivity contribution in [1.29, 1.82) is 0 Å². The van der Waals surface area contributed by atoms with E-state index in [1.807, 2.05) is 11.9 Å². The first-order valence-electron chi connectivity index (χ1n) is 5.52. The van der Waals surface area contributed by atoms with Crippen molar-refractivity contribution in [3.8, 4) is 0 Å². The Balaban J connectivity index is 2.24. The van der Waals surface area contributed by atoms with E-state index in [9.17, 15) is 5.11 Å². The van der Waals surface area contributed by atoms with Crippen LogP contribution in [0.25, 0.3) is 0 Å². The maximum Gasteiger partial charge on any atom is 0.189 e. The summed E-state index contributed by atoms with van der Waals surface area (Å²) in [5, 5.41) is 10.4. The minimum atomic E-state index is -0.451. The van der Waals surface area contributed by atoms with Crippen molar-refractivity contribution in [3.63, 3.8) is 0 Å². The number of aliphatic hydroxyl groups excluding tert-OH is 1. The summed E-state index contributed by atoms with van der Waals surface area (Å²) in [4.78, 5) is 7.23. The summed E-state index contributed by atoms with van der Waals surface area (Å²) < 4.78 is 0. The molecule has 0 aliphatic carbocycles. The molecular formula is C13H16N2OS. The zero-order valence-electron chi connectivity index (χ0n) is 10.2. The third-order valence-corrected chi connectivity index (χ3v) is 3.88. The quantitative estimate of drug-likeness (QED) is 0.905. The number of thiazole rings is 1. The molecule has 0 saturated heterocycles. The number of hydrogen-bond acceptors (Lipinski definition) is 4. The molecule has 1 heterocycles. The topological polar surface area (TPSA) is 36.4 Å². The molecule has 0 amide bonds. The molecule has 3 nitrogen and oxygen atoms in total. The van der Waals surface area contributed by atoms with Gasteiger partial charge in [0.25, 0.3) is 0 Å². The van der Waals surface area contributed by atoms with Crippen LogP contribution in [0, 0.1) is 6.92 Å². The van der Waals surface area contributed by atoms with Crippen LogP contribution in [0.5, 0.6) is 0 Å². The van der Waals surface area contributed by atoms with E-state index in [2.05, 4.69) is 36.2 Å². The largest absolute Gasteiger partial charge is 0.388 e. The van der Waals surface area contributed by atoms with E-state index in [-0.39, 0.29) is 0 Å². The molecule has 0 spiro atoms. The fourth-order valence-corrected chi connectivity index (χ4v) is 2.34. The number of rotatable bonds is 3. The lowest BCUT2D eigenvalue weighted by Crippen LogP contribution is -2.08. The smallest absolute Gasteiger partial charge is 0.189 e. The Morgan fingerprint density at radius 1 is 1.29 bits per heavy atom. The molecule has 0 radical (unpaired) electrons. The van der Waals surface area contributed by atoms with Gasteiger partial charge in [-0.3, -0.25) is 0 Å². The predicted octanol–water partition coefficient (Wildman–Crippen LogP) is 3.27. The molecule has 1 N–H and O–H groups in total. The molecular weight excluding hydrogens is 232 g/mol. The van der Waals surface area contributed by atoms with Crippen molar-refractivity contribution in [2.24, 2.45) is 0 Å². The molecule has 2 rings (SSSR count). The first kappa shape index (κ1) is 12.1. The number of benzene rings is 1. The second-order valence-electron chi connectivity index (χ2n) is 4.12. The summed E-state index contributed by atoms with van der Waals surface area (Å²) in [6, 6.07) is 8.29. The summed E-state index contributed by atoms with van der Waals surface area (Å²) in [5.41, 5.74) is 2.34. The zero-order valence-corrected chi connectivity index (χ0v) is 11.0. The first-order chi connectivity index (χ1) is 8.08. The SMILES string of the molecule is Cc1ccc(N(C)c2ncc(C(C)O)s2)cc1. The van der Waals surface area contributed by atoms with Crippen LogP contribution in [0.3, 0.4) is 0 Å². The van der Waals surface area contributed by atoms with Crippen molar-refractivity contribution >= 4 is 22.2 Å². The monoisotopic (exact) mass is 248 g/mol. The minimum absolute atomic E-state index is 0.451. The molecule has 0 fully saturated rings. The number of aromatic nitrogens is 1. The van der Waals surface area contributed by atoms with Crippen molar-refractivity contribution in [3.05, 3.63) is 40.9 Å². The van der Waals surface area contributed by atoms with Gasteiger partial charge < -0.3 is 10.0 Å². The van der Waals surface area contributed by atoms with Crippen LogP contribution in [0.4, 0.5) is 10.8 Å². The molecule has 0 aliphatic rings. The summed E-state index contributed by atoms with van der Waals surface area (Å²) in [7, 11) is 1.98. The highest BCUT2D eigenvalue weighted by atomic mass is 32.1. The molecule has 1 aromatic carbocycles. The third kappa shape index (κ3) is 2.65. The van der Waals surface area contributed by atoms with Crippen LogP contribution < -0.4 is 4.90 Å². The van der Waals surface area contributed by atoms with Gasteiger partial charge in [0.15, 0.2) is 5.13 Å². The van der Waals surface area contributed by atoms with E-state index < -0.39 is 6.10 Å². The van der Waals surface area contributed by atoms with Crippen LogP contribution in [-0.2, 0) is 0 Å². The van der Waals surface area contributed by atoms with Crippen molar-refractivity contribution in [1.82, 2.24) is 4.98 Å². The lowest BCUT2D eigenvalue weighted by molar-refractivity contribution is 0.203. The summed E-state index contributed by atoms with van der Waals surface area (Å²) in [6.45, 7) is 3.82. The fourth-order valence-electron chi connectivity index (χ4n) is 1.50. The van der Waals surface area contributed by atoms with E-state index in [1.54, 1.807) is 13.1 Å². The number of aryl methyl sites for hydroxylation is 1. The highest BCUT2D eigenvalue weighted by molar-refractivity contribution is 7.15. The van der Waals surface area contributed by atoms with Crippen molar-refractivity contribution in [2.45, 2.75) is 20.0 Å². The third-order valence-electron chi connectivity index (χ3n) is 2.63. The number of anilines is 2. The average Bonchev–Trinajstić information content (AvgIpc) is 2.78. The fraction of sp³-hybridized carbons (Fsp3) is 0.308. The summed E-state index contributed by atoms with van der Waals surface area (Å²) in [5.74, 6) is 0. The first-order valence-corrected chi connectivity index (χ1v) is 6.34. The minimum Gasteiger partial charge on any atom is -0.388 e. The van der Waals surface area contributed by atoms with Crippen LogP contribution in [-0.4, -0.2) is 17.1 Å². The Morgan fingerprint density at radius 3 is 2.47 bits per heavy atom. The van der Waals surface area contributed by atoms with Gasteiger partial charge in [-0.15, -0.1) is 0 Å². The highest BCUT2D eigenvalue weighted by Gasteiger charge is 2.11. The van der Waals surface area contributed by atoms with Crippen LogP contribution in [0.15, 0.2) is 30.5 Å². The number of hydrogen-bond donors (Lipinski definition) is 1. The van der Waals surface area contributed by atoms with Gasteiger partial charge in [0, 0.05) is 18.9 Å². The van der Waals surface area contributed by atoms with Crippen LogP contribution in [0.2, 0.25) is 0 Å². The Bertz CT molecular complexity index is 490. The van der Waals surface area contributed by atoms with Gasteiger partial charge in [0.05, 0.1) is 11.0 Å². The molecule has 0 aliphatic heterocycles. The van der Waals surface area contributed by atoms with Crippen LogP contribution in [0.1, 0.15) is 23.5 Å². The second kappa shape index (κ2) is 4.85. The lowest BCUT2D eigenvalue weighted by atomic mass is 10.2. The van der Waals surface area contributed by atoms with Gasteiger partial charge in [0.1, 0.15) is 0 Å². The van der Waals surface area contributed by atoms with Crippen LogP contribution >= 0.6 is 11.3 Å². The summed E-state index contributed by atoms with van der Waals surface area (Å²) >= 11 is 1.51. The summed E-state index contributed by atoms with van der Waals surface area (Å²) in [6.07, 6.45) is 1.28. The predicted molar refractivity (Wildman–Crippen MR) is 72.0 cm³/mol. The van der Waals surface area contributed by atoms with Gasteiger partial charge in [-0.25, -0.2) is 4.98 Å². The number of aliphatic hydroxyl groups is 1. The number of nitrogens with zero attached hydrogens (tertiary/aromatic N) is 2. The molecule has 2 aromatic rings. The molecule has 1 atom stereocenters. The lowest BCUT2D eigenvalue weighted by Gasteiger charge is -2.15. The van der Waals surface area contributed by atoms with E-state index >= 15 is 0 Å². The zero-order chi connectivity index (χ0) is 12.4. The second-order valence-corrected chi connectivity index (χ2v) is 5.16. The van der Waals surface area contributed by atoms with Gasteiger partial charge in [0.2, 0.25) is 0 Å². The van der Waals surface area contributed by atoms with Crippen molar-refractivity contribution < 1.29 is 5.11 Å². The highest BCUT2D eigenvalue weighted by Crippen LogP contribution is 2.30. The van der Waals surface area contributed by atoms with E-state index in [4.69, 9.17) is 0 Å². The van der Waals surface area contributed by atoms with E-state index in [1.165, 1.54) is 16.9 Å². The molecule has 0 bridgehead atoms. The van der Waals surface area contributed by atoms with E-state index in [0.29, 0.717) is 0 Å². The molecule has 17 heavy (non-hydrogen) atoms. The standard InChI is InChI=1S/C13H16N2OS/c1-9-4-6-11(7-5-9)15(3)13-14-8-12(17-13)10(2)16/h4-8,10,16H,1-3H3. The molecule has 0 saturated carbocycles. The molecule has 1 aromatic heterocycles. The average molecular weight is 248 g/mol. The molecule has 90 valence electrons. The normalized spacial score (nSPS) is 12.5. The van der Waals surface area contributed by atoms with E-state index in [0.717, 1.165) is 15.7 Å². The van der Waals surface area contributed by atoms with Gasteiger partial charge in [-0.05, 0) is 26.0 Å². The van der Waals surface area contributed by atoms with Gasteiger partial charge in [-0.2, -0.15) is 0 Å². The maximum atomic E-state index is 9.48. The Kier molecular flexibility index (Phi) is 3.45. The van der Waals surface area contributed by atoms with Crippen molar-refractivity contribution in [2.75, 3.05) is 11.9 Å². The maximum absolute atomic E-state index is 9.48. The molecule has 4 heteroatoms. The molecule has 1 unspecified atom stereocenters. The Morgan fingerprint density at radius 2 is 1.94 bits per heavy atom.